The van der Waals surface area contributed by atoms with E-state index in [2.05, 4.69) is 31.0 Å². The lowest BCUT2D eigenvalue weighted by atomic mass is 10.6. The summed E-state index contributed by atoms with van der Waals surface area (Å²) < 4.78 is 16.7. The van der Waals surface area contributed by atoms with Gasteiger partial charge in [0.25, 0.3) is 0 Å². The van der Waals surface area contributed by atoms with Crippen molar-refractivity contribution in [3.05, 3.63) is 12.4 Å². The zero-order chi connectivity index (χ0) is 9.78. The monoisotopic (exact) mass is 190 g/mol. The zero-order valence-electron chi connectivity index (χ0n) is 7.82. The number of carbonyl (C=O) groups excluding carboxylic acids is 1. The Morgan fingerprint density at radius 2 is 2.00 bits per heavy atom. The standard InChI is InChI=1S/C8H15FO2Si/c1-7(9)8(10)11-5-6-12(2,3)4/h1,5-6H2,2-4H3. The van der Waals surface area contributed by atoms with Gasteiger partial charge in [-0.25, -0.2) is 4.79 Å². The molecule has 0 spiro atoms. The lowest BCUT2D eigenvalue weighted by Gasteiger charge is -2.14. The van der Waals surface area contributed by atoms with Gasteiger partial charge < -0.3 is 4.74 Å². The Bertz CT molecular complexity index is 184. The smallest absolute Gasteiger partial charge is 0.366 e. The second-order valence-corrected chi connectivity index (χ2v) is 9.47. The van der Waals surface area contributed by atoms with Crippen LogP contribution in [-0.4, -0.2) is 20.7 Å². The molecule has 0 atom stereocenters. The van der Waals surface area contributed by atoms with Crippen molar-refractivity contribution in [3.8, 4) is 0 Å². The third-order valence-corrected chi connectivity index (χ3v) is 3.01. The van der Waals surface area contributed by atoms with Crippen molar-refractivity contribution in [2.75, 3.05) is 6.61 Å². The molecule has 0 aromatic rings. The van der Waals surface area contributed by atoms with Crippen LogP contribution < -0.4 is 0 Å². The summed E-state index contributed by atoms with van der Waals surface area (Å²) in [6.07, 6.45) is 0. The summed E-state index contributed by atoms with van der Waals surface area (Å²) in [6.45, 7) is 9.62. The Kier molecular flexibility index (Phi) is 4.16. The van der Waals surface area contributed by atoms with E-state index in [0.717, 1.165) is 6.04 Å². The first kappa shape index (κ1) is 11.4. The molecule has 70 valence electrons. The van der Waals surface area contributed by atoms with Crippen LogP contribution >= 0.6 is 0 Å². The molecule has 0 fully saturated rings. The van der Waals surface area contributed by atoms with Crippen LogP contribution in [0.5, 0.6) is 0 Å². The van der Waals surface area contributed by atoms with Gasteiger partial charge in [-0.2, -0.15) is 4.39 Å². The number of ether oxygens (including phenoxy) is 1. The van der Waals surface area contributed by atoms with Crippen LogP contribution in [-0.2, 0) is 9.53 Å². The lowest BCUT2D eigenvalue weighted by molar-refractivity contribution is -0.140. The second-order valence-electron chi connectivity index (χ2n) is 3.85. The lowest BCUT2D eigenvalue weighted by Crippen LogP contribution is -2.22. The normalized spacial score (nSPS) is 11.0. The van der Waals surface area contributed by atoms with Crippen LogP contribution in [0.1, 0.15) is 0 Å². The van der Waals surface area contributed by atoms with Gasteiger partial charge in [0, 0.05) is 8.07 Å². The summed E-state index contributed by atoms with van der Waals surface area (Å²) in [5, 5.41) is 0. The molecule has 0 saturated heterocycles. The van der Waals surface area contributed by atoms with E-state index in [0.29, 0.717) is 6.61 Å². The third kappa shape index (κ3) is 6.09. The minimum atomic E-state index is -1.19. The summed E-state index contributed by atoms with van der Waals surface area (Å²) >= 11 is 0. The molecule has 0 rings (SSSR count). The van der Waals surface area contributed by atoms with Crippen molar-refractivity contribution in [3.63, 3.8) is 0 Å². The van der Waals surface area contributed by atoms with E-state index in [9.17, 15) is 9.18 Å². The van der Waals surface area contributed by atoms with E-state index >= 15 is 0 Å². The molecule has 0 unspecified atom stereocenters. The molecule has 0 N–H and O–H groups in total. The average Bonchev–Trinajstić information content (AvgIpc) is 1.84. The Morgan fingerprint density at radius 3 is 2.33 bits per heavy atom. The molecular formula is C8H15FO2Si. The molecular weight excluding hydrogens is 175 g/mol. The van der Waals surface area contributed by atoms with Crippen molar-refractivity contribution >= 4 is 14.0 Å². The molecule has 0 aliphatic carbocycles. The number of esters is 1. The summed E-state index contributed by atoms with van der Waals surface area (Å²) in [7, 11) is -1.19. The fourth-order valence-corrected chi connectivity index (χ4v) is 1.24. The molecule has 0 aromatic carbocycles. The quantitative estimate of drug-likeness (QED) is 0.386. The van der Waals surface area contributed by atoms with Crippen molar-refractivity contribution in [1.29, 1.82) is 0 Å². The highest BCUT2D eigenvalue weighted by atomic mass is 28.3. The predicted molar refractivity (Wildman–Crippen MR) is 49.4 cm³/mol. The first-order valence-corrected chi connectivity index (χ1v) is 7.55. The number of rotatable bonds is 4. The van der Waals surface area contributed by atoms with Gasteiger partial charge in [0.15, 0.2) is 0 Å². The van der Waals surface area contributed by atoms with Gasteiger partial charge in [-0.05, 0) is 6.04 Å². The largest absolute Gasteiger partial charge is 0.461 e. The summed E-state index contributed by atoms with van der Waals surface area (Å²) in [5.41, 5.74) is 0. The highest BCUT2D eigenvalue weighted by molar-refractivity contribution is 6.76. The molecule has 0 bridgehead atoms. The third-order valence-electron chi connectivity index (χ3n) is 1.31. The average molecular weight is 190 g/mol. The maximum Gasteiger partial charge on any atom is 0.366 e. The summed E-state index contributed by atoms with van der Waals surface area (Å²) in [5.74, 6) is -1.96. The van der Waals surface area contributed by atoms with Gasteiger partial charge in [0.2, 0.25) is 5.83 Å². The molecule has 0 radical (unpaired) electrons. The highest BCUT2D eigenvalue weighted by Crippen LogP contribution is 2.08. The molecule has 0 aliphatic rings. The predicted octanol–water partition coefficient (Wildman–Crippen LogP) is 2.35. The van der Waals surface area contributed by atoms with Crippen LogP contribution in [0.4, 0.5) is 4.39 Å². The fourth-order valence-electron chi connectivity index (χ4n) is 0.528. The van der Waals surface area contributed by atoms with Crippen molar-refractivity contribution in [2.45, 2.75) is 25.7 Å². The summed E-state index contributed by atoms with van der Waals surface area (Å²) in [4.78, 5) is 10.5. The maximum atomic E-state index is 12.1. The van der Waals surface area contributed by atoms with Gasteiger partial charge in [-0.15, -0.1) is 0 Å². The van der Waals surface area contributed by atoms with Crippen LogP contribution in [0.25, 0.3) is 0 Å². The Hall–Kier alpha value is -0.643. The van der Waals surface area contributed by atoms with Gasteiger partial charge in [0.1, 0.15) is 0 Å². The minimum Gasteiger partial charge on any atom is -0.461 e. The highest BCUT2D eigenvalue weighted by Gasteiger charge is 2.14. The molecule has 2 nitrogen and oxygen atoms in total. The van der Waals surface area contributed by atoms with Gasteiger partial charge in [0.05, 0.1) is 6.61 Å². The first-order valence-electron chi connectivity index (χ1n) is 3.84. The van der Waals surface area contributed by atoms with Gasteiger partial charge >= 0.3 is 5.97 Å². The van der Waals surface area contributed by atoms with Crippen LogP contribution in [0.2, 0.25) is 25.7 Å². The van der Waals surface area contributed by atoms with Gasteiger partial charge in [-0.1, -0.05) is 26.2 Å². The summed E-state index contributed by atoms with van der Waals surface area (Å²) in [6, 6.07) is 0.853. The van der Waals surface area contributed by atoms with E-state index in [1.54, 1.807) is 0 Å². The van der Waals surface area contributed by atoms with E-state index < -0.39 is 19.9 Å². The van der Waals surface area contributed by atoms with Crippen molar-refractivity contribution in [1.82, 2.24) is 0 Å². The Labute approximate surface area is 73.4 Å². The molecule has 12 heavy (non-hydrogen) atoms. The molecule has 0 saturated carbocycles. The number of hydrogen-bond acceptors (Lipinski definition) is 2. The van der Waals surface area contributed by atoms with E-state index in [4.69, 9.17) is 0 Å². The van der Waals surface area contributed by atoms with Crippen molar-refractivity contribution in [2.24, 2.45) is 0 Å². The molecule has 0 heterocycles. The molecule has 4 heteroatoms. The molecule has 0 aliphatic heterocycles. The van der Waals surface area contributed by atoms with Crippen LogP contribution in [0.15, 0.2) is 12.4 Å². The molecule has 0 amide bonds. The van der Waals surface area contributed by atoms with E-state index in [1.165, 1.54) is 0 Å². The SMILES string of the molecule is C=C(F)C(=O)OCC[Si](C)(C)C. The number of halogens is 1. The van der Waals surface area contributed by atoms with E-state index in [-0.39, 0.29) is 0 Å². The number of hydrogen-bond donors (Lipinski definition) is 0. The first-order chi connectivity index (χ1) is 5.33. The Morgan fingerprint density at radius 1 is 1.50 bits per heavy atom. The van der Waals surface area contributed by atoms with Gasteiger partial charge in [-0.3, -0.25) is 0 Å². The fraction of sp³-hybridized carbons (Fsp3) is 0.625. The number of carbonyl (C=O) groups is 1. The zero-order valence-corrected chi connectivity index (χ0v) is 8.82. The van der Waals surface area contributed by atoms with E-state index in [1.807, 2.05) is 0 Å². The van der Waals surface area contributed by atoms with Crippen LogP contribution in [0.3, 0.4) is 0 Å². The topological polar surface area (TPSA) is 26.3 Å². The van der Waals surface area contributed by atoms with Crippen molar-refractivity contribution < 1.29 is 13.9 Å². The molecule has 0 aromatic heterocycles. The maximum absolute atomic E-state index is 12.1. The minimum absolute atomic E-state index is 0.303. The second kappa shape index (κ2) is 4.40. The van der Waals surface area contributed by atoms with Crippen LogP contribution in [0, 0.1) is 0 Å². The Balaban J connectivity index is 3.58.